The van der Waals surface area contributed by atoms with Gasteiger partial charge in [0, 0.05) is 57.0 Å². The molecule has 29 heavy (non-hydrogen) atoms. The van der Waals surface area contributed by atoms with Gasteiger partial charge in [0.2, 0.25) is 5.91 Å². The van der Waals surface area contributed by atoms with Crippen molar-refractivity contribution >= 4 is 11.8 Å². The second-order valence-electron chi connectivity index (χ2n) is 8.06. The van der Waals surface area contributed by atoms with E-state index in [2.05, 4.69) is 10.4 Å². The van der Waals surface area contributed by atoms with E-state index >= 15 is 0 Å². The van der Waals surface area contributed by atoms with Gasteiger partial charge in [0.25, 0.3) is 11.5 Å². The molecule has 154 valence electrons. The molecule has 0 aliphatic carbocycles. The van der Waals surface area contributed by atoms with Crippen LogP contribution in [0, 0.1) is 5.92 Å². The van der Waals surface area contributed by atoms with Gasteiger partial charge in [0.05, 0.1) is 6.04 Å². The number of carbonyl (C=O) groups is 2. The molecule has 0 saturated carbocycles. The zero-order valence-corrected chi connectivity index (χ0v) is 16.9. The number of rotatable bonds is 5. The molecule has 8 nitrogen and oxygen atoms in total. The van der Waals surface area contributed by atoms with E-state index in [0.717, 1.165) is 18.5 Å². The molecule has 4 rings (SSSR count). The Morgan fingerprint density at radius 2 is 2.07 bits per heavy atom. The van der Waals surface area contributed by atoms with Gasteiger partial charge < -0.3 is 14.8 Å². The van der Waals surface area contributed by atoms with Crippen molar-refractivity contribution < 1.29 is 9.59 Å². The molecule has 1 fully saturated rings. The van der Waals surface area contributed by atoms with Crippen molar-refractivity contribution in [2.75, 3.05) is 19.6 Å². The number of hydrogen-bond acceptors (Lipinski definition) is 4. The second-order valence-corrected chi connectivity index (χ2v) is 8.06. The third-order valence-electron chi connectivity index (χ3n) is 6.00. The highest BCUT2D eigenvalue weighted by atomic mass is 16.2. The highest BCUT2D eigenvalue weighted by Gasteiger charge is 2.42. The Hall–Kier alpha value is -2.90. The predicted molar refractivity (Wildman–Crippen MR) is 108 cm³/mol. The summed E-state index contributed by atoms with van der Waals surface area (Å²) in [5.41, 5.74) is 1.34. The summed E-state index contributed by atoms with van der Waals surface area (Å²) < 4.78 is 3.46. The fourth-order valence-electron chi connectivity index (χ4n) is 4.70. The second kappa shape index (κ2) is 7.85. The van der Waals surface area contributed by atoms with E-state index < -0.39 is 0 Å². The van der Waals surface area contributed by atoms with E-state index in [1.165, 1.54) is 0 Å². The third kappa shape index (κ3) is 3.71. The van der Waals surface area contributed by atoms with E-state index in [-0.39, 0.29) is 35.3 Å². The molecule has 0 aromatic carbocycles. The number of fused-ring (bicyclic) bond motifs is 4. The first kappa shape index (κ1) is 19.4. The Morgan fingerprint density at radius 3 is 2.79 bits per heavy atom. The summed E-state index contributed by atoms with van der Waals surface area (Å²) in [6, 6.07) is 6.89. The van der Waals surface area contributed by atoms with Crippen LogP contribution in [0.1, 0.15) is 54.3 Å². The minimum absolute atomic E-state index is 0.00242. The number of nitrogens with zero attached hydrogens (tertiary/aromatic N) is 4. The molecular formula is C21H27N5O3. The Labute approximate surface area is 169 Å². The monoisotopic (exact) mass is 397 g/mol. The Kier molecular flexibility index (Phi) is 5.25. The summed E-state index contributed by atoms with van der Waals surface area (Å²) in [5.74, 6) is 0.132. The zero-order chi connectivity index (χ0) is 20.5. The van der Waals surface area contributed by atoms with Gasteiger partial charge in [-0.1, -0.05) is 13.0 Å². The fourth-order valence-corrected chi connectivity index (χ4v) is 4.70. The van der Waals surface area contributed by atoms with E-state index in [1.54, 1.807) is 36.1 Å². The number of piperidine rings is 1. The minimum atomic E-state index is -0.157. The largest absolute Gasteiger partial charge is 0.354 e. The zero-order valence-electron chi connectivity index (χ0n) is 16.9. The predicted octanol–water partition coefficient (Wildman–Crippen LogP) is 1.30. The molecule has 2 aromatic rings. The summed E-state index contributed by atoms with van der Waals surface area (Å²) >= 11 is 0. The van der Waals surface area contributed by atoms with Crippen LogP contribution in [-0.4, -0.2) is 50.7 Å². The first-order valence-electron chi connectivity index (χ1n) is 10.2. The number of pyridine rings is 1. The first-order chi connectivity index (χ1) is 14.0. The molecule has 1 saturated heterocycles. The van der Waals surface area contributed by atoms with Crippen LogP contribution in [-0.2, 0) is 11.8 Å². The molecule has 4 heterocycles. The number of aromatic nitrogens is 3. The fraction of sp³-hybridized carbons (Fsp3) is 0.524. The summed E-state index contributed by atoms with van der Waals surface area (Å²) in [7, 11) is 1.79. The molecule has 2 amide bonds. The molecule has 3 atom stereocenters. The van der Waals surface area contributed by atoms with Gasteiger partial charge in [-0.25, -0.2) is 0 Å². The molecule has 0 spiro atoms. The lowest BCUT2D eigenvalue weighted by atomic mass is 9.78. The van der Waals surface area contributed by atoms with Crippen LogP contribution >= 0.6 is 0 Å². The van der Waals surface area contributed by atoms with E-state index in [0.29, 0.717) is 31.7 Å². The van der Waals surface area contributed by atoms with Crippen molar-refractivity contribution in [3.63, 3.8) is 0 Å². The van der Waals surface area contributed by atoms with Crippen LogP contribution in [0.5, 0.6) is 0 Å². The van der Waals surface area contributed by atoms with Gasteiger partial charge in [-0.15, -0.1) is 0 Å². The molecule has 2 aliphatic heterocycles. The van der Waals surface area contributed by atoms with Crippen molar-refractivity contribution in [1.29, 1.82) is 0 Å². The lowest BCUT2D eigenvalue weighted by Gasteiger charge is -2.46. The van der Waals surface area contributed by atoms with Crippen LogP contribution in [0.15, 0.2) is 35.3 Å². The lowest BCUT2D eigenvalue weighted by Crippen LogP contribution is -2.53. The van der Waals surface area contributed by atoms with Gasteiger partial charge in [0.1, 0.15) is 5.69 Å². The van der Waals surface area contributed by atoms with Crippen LogP contribution < -0.4 is 10.9 Å². The van der Waals surface area contributed by atoms with Crippen molar-refractivity contribution in [1.82, 2.24) is 24.6 Å². The van der Waals surface area contributed by atoms with Gasteiger partial charge in [-0.05, 0) is 30.9 Å². The smallest absolute Gasteiger partial charge is 0.274 e. The maximum Gasteiger partial charge on any atom is 0.274 e. The molecule has 1 N–H and O–H groups in total. The van der Waals surface area contributed by atoms with Crippen LogP contribution in [0.4, 0.5) is 0 Å². The Balaban J connectivity index is 1.62. The summed E-state index contributed by atoms with van der Waals surface area (Å²) in [6.07, 6.45) is 3.93. The van der Waals surface area contributed by atoms with Gasteiger partial charge in [-0.3, -0.25) is 19.1 Å². The van der Waals surface area contributed by atoms with Gasteiger partial charge >= 0.3 is 0 Å². The van der Waals surface area contributed by atoms with Gasteiger partial charge in [-0.2, -0.15) is 5.10 Å². The molecular weight excluding hydrogens is 370 g/mol. The van der Waals surface area contributed by atoms with E-state index in [4.69, 9.17) is 0 Å². The molecule has 2 aromatic heterocycles. The maximum atomic E-state index is 13.0. The number of carbonyl (C=O) groups excluding carboxylic acids is 2. The summed E-state index contributed by atoms with van der Waals surface area (Å²) in [4.78, 5) is 39.6. The van der Waals surface area contributed by atoms with Crippen LogP contribution in [0.25, 0.3) is 0 Å². The topological polar surface area (TPSA) is 89.2 Å². The normalized spacial score (nSPS) is 22.8. The van der Waals surface area contributed by atoms with Crippen molar-refractivity contribution in [2.45, 2.75) is 38.1 Å². The Morgan fingerprint density at radius 1 is 1.24 bits per heavy atom. The molecule has 0 radical (unpaired) electrons. The highest BCUT2D eigenvalue weighted by molar-refractivity contribution is 5.92. The number of amides is 2. The number of aryl methyl sites for hydroxylation is 1. The first-order valence-corrected chi connectivity index (χ1v) is 10.2. The van der Waals surface area contributed by atoms with Crippen molar-refractivity contribution in [3.8, 4) is 0 Å². The average molecular weight is 397 g/mol. The summed E-state index contributed by atoms with van der Waals surface area (Å²) in [6.45, 7) is 3.50. The lowest BCUT2D eigenvalue weighted by molar-refractivity contribution is -0.121. The highest BCUT2D eigenvalue weighted by Crippen LogP contribution is 2.41. The quantitative estimate of drug-likeness (QED) is 0.824. The molecule has 0 unspecified atom stereocenters. The summed E-state index contributed by atoms with van der Waals surface area (Å²) in [5, 5.41) is 7.24. The van der Waals surface area contributed by atoms with Crippen molar-refractivity contribution in [3.05, 3.63) is 52.2 Å². The van der Waals surface area contributed by atoms with E-state index in [9.17, 15) is 14.4 Å². The molecule has 2 aliphatic rings. The van der Waals surface area contributed by atoms with Crippen molar-refractivity contribution in [2.24, 2.45) is 13.0 Å². The van der Waals surface area contributed by atoms with Crippen LogP contribution in [0.3, 0.4) is 0 Å². The average Bonchev–Trinajstić information content (AvgIpc) is 3.14. The van der Waals surface area contributed by atoms with Gasteiger partial charge in [0.15, 0.2) is 0 Å². The Bertz CT molecular complexity index is 979. The number of likely N-dealkylation sites (tertiary alicyclic amines) is 1. The SMILES string of the molecule is CCCC(=O)NC[C@H]1[C@H]2C[C@H](CN(C(=O)c3ccn(C)n3)C2)c2cccc(=O)n21. The number of nitrogens with one attached hydrogen (secondary N) is 1. The van der Waals surface area contributed by atoms with E-state index in [1.807, 2.05) is 22.5 Å². The maximum absolute atomic E-state index is 13.0. The standard InChI is InChI=1S/C21H27N5O3/c1-3-5-19(27)22-11-18-15-10-14(17-6-4-7-20(28)26(17)18)12-25(13-15)21(29)16-8-9-24(2)23-16/h4,6-9,14-15,18H,3,5,10-13H2,1-2H3,(H,22,27)/t14-,15+,18+/m1/s1. The minimum Gasteiger partial charge on any atom is -0.354 e. The third-order valence-corrected chi connectivity index (χ3v) is 6.00. The number of hydrogen-bond donors (Lipinski definition) is 1. The molecule has 2 bridgehead atoms. The molecule has 8 heteroatoms. The van der Waals surface area contributed by atoms with Crippen LogP contribution in [0.2, 0.25) is 0 Å².